The number of methoxy groups -OCH3 is 1. The lowest BCUT2D eigenvalue weighted by molar-refractivity contribution is -0.385. The molecule has 0 aliphatic heterocycles. The van der Waals surface area contributed by atoms with Gasteiger partial charge in [0.15, 0.2) is 0 Å². The molecule has 0 unspecified atom stereocenters. The number of nitrogens with two attached hydrogens (primary N) is 1. The molecule has 0 bridgehead atoms. The molecule has 0 aliphatic carbocycles. The Bertz CT molecular complexity index is 356. The molecule has 15 heavy (non-hydrogen) atoms. The highest BCUT2D eigenvalue weighted by Crippen LogP contribution is 2.29. The van der Waals surface area contributed by atoms with E-state index in [0.717, 1.165) is 0 Å². The molecule has 0 aliphatic rings. The van der Waals surface area contributed by atoms with Crippen molar-refractivity contribution in [2.45, 2.75) is 0 Å². The van der Waals surface area contributed by atoms with Crippen molar-refractivity contribution < 1.29 is 9.66 Å². The maximum absolute atomic E-state index is 10.7. The van der Waals surface area contributed by atoms with E-state index in [2.05, 4.69) is 15.3 Å². The molecule has 8 heteroatoms. The molecular formula is C7H11N5O3. The Balaban J connectivity index is 3.07. The average molecular weight is 213 g/mol. The van der Waals surface area contributed by atoms with Gasteiger partial charge in [-0.25, -0.2) is 4.98 Å². The number of hydrogen-bond acceptors (Lipinski definition) is 7. The minimum absolute atomic E-state index is 0.0745. The summed E-state index contributed by atoms with van der Waals surface area (Å²) >= 11 is 0. The first-order valence-electron chi connectivity index (χ1n) is 4.18. The molecule has 82 valence electrons. The largest absolute Gasteiger partial charge is 0.476 e. The van der Waals surface area contributed by atoms with Crippen LogP contribution in [0.1, 0.15) is 0 Å². The third-order valence-corrected chi connectivity index (χ3v) is 1.60. The number of rotatable bonds is 5. The maximum Gasteiger partial charge on any atom is 0.372 e. The zero-order valence-electron chi connectivity index (χ0n) is 8.14. The molecular weight excluding hydrogens is 202 g/mol. The third kappa shape index (κ3) is 2.50. The van der Waals surface area contributed by atoms with E-state index in [1.165, 1.54) is 13.4 Å². The van der Waals surface area contributed by atoms with Crippen LogP contribution in [0.3, 0.4) is 0 Å². The lowest BCUT2D eigenvalue weighted by Gasteiger charge is -2.05. The van der Waals surface area contributed by atoms with Crippen molar-refractivity contribution in [2.75, 3.05) is 25.5 Å². The second-order valence-electron chi connectivity index (χ2n) is 2.55. The molecule has 1 aromatic rings. The van der Waals surface area contributed by atoms with E-state index in [4.69, 9.17) is 10.5 Å². The van der Waals surface area contributed by atoms with Gasteiger partial charge in [0.25, 0.3) is 5.88 Å². The van der Waals surface area contributed by atoms with E-state index in [9.17, 15) is 10.1 Å². The maximum atomic E-state index is 10.7. The fraction of sp³-hybridized carbons (Fsp3) is 0.429. The van der Waals surface area contributed by atoms with Gasteiger partial charge in [-0.1, -0.05) is 0 Å². The van der Waals surface area contributed by atoms with E-state index < -0.39 is 4.92 Å². The van der Waals surface area contributed by atoms with E-state index in [-0.39, 0.29) is 17.4 Å². The average Bonchev–Trinajstić information content (AvgIpc) is 2.25. The summed E-state index contributed by atoms with van der Waals surface area (Å²) in [4.78, 5) is 17.5. The molecule has 0 fully saturated rings. The molecule has 0 spiro atoms. The third-order valence-electron chi connectivity index (χ3n) is 1.60. The van der Waals surface area contributed by atoms with Gasteiger partial charge in [0, 0.05) is 13.1 Å². The lowest BCUT2D eigenvalue weighted by Crippen LogP contribution is -2.15. The Morgan fingerprint density at radius 3 is 2.93 bits per heavy atom. The molecule has 0 saturated carbocycles. The standard InChI is InChI=1S/C7H11N5O3/c1-15-7-5(12(13)14)6(9-3-2-8)10-4-11-7/h4H,2-3,8H2,1H3,(H,9,10,11). The molecule has 0 amide bonds. The number of anilines is 1. The van der Waals surface area contributed by atoms with Gasteiger partial charge in [-0.3, -0.25) is 10.1 Å². The summed E-state index contributed by atoms with van der Waals surface area (Å²) in [5.74, 6) is 0.0341. The number of nitrogens with zero attached hydrogens (tertiary/aromatic N) is 3. The highest BCUT2D eigenvalue weighted by atomic mass is 16.6. The van der Waals surface area contributed by atoms with Gasteiger partial charge in [0.05, 0.1) is 12.0 Å². The van der Waals surface area contributed by atoms with Gasteiger partial charge in [0.2, 0.25) is 5.82 Å². The van der Waals surface area contributed by atoms with E-state index in [0.29, 0.717) is 13.1 Å². The summed E-state index contributed by atoms with van der Waals surface area (Å²) in [6.07, 6.45) is 1.19. The predicted octanol–water partition coefficient (Wildman–Crippen LogP) is -0.236. The van der Waals surface area contributed by atoms with E-state index in [1.54, 1.807) is 0 Å². The van der Waals surface area contributed by atoms with Crippen LogP contribution in [0.15, 0.2) is 6.33 Å². The first-order valence-corrected chi connectivity index (χ1v) is 4.18. The Morgan fingerprint density at radius 2 is 2.40 bits per heavy atom. The summed E-state index contributed by atoms with van der Waals surface area (Å²) in [5.41, 5.74) is 4.98. The summed E-state index contributed by atoms with van der Waals surface area (Å²) in [7, 11) is 1.31. The van der Waals surface area contributed by atoms with E-state index in [1.807, 2.05) is 0 Å². The van der Waals surface area contributed by atoms with Gasteiger partial charge in [-0.05, 0) is 0 Å². The van der Waals surface area contributed by atoms with Crippen LogP contribution in [0.4, 0.5) is 11.5 Å². The topological polar surface area (TPSA) is 116 Å². The number of nitrogens with one attached hydrogen (secondary N) is 1. The SMILES string of the molecule is COc1ncnc(NCCN)c1[N+](=O)[O-]. The summed E-state index contributed by atoms with van der Waals surface area (Å²) in [6, 6.07) is 0. The van der Waals surface area contributed by atoms with Crippen molar-refractivity contribution in [3.63, 3.8) is 0 Å². The molecule has 0 radical (unpaired) electrons. The monoisotopic (exact) mass is 213 g/mol. The highest BCUT2D eigenvalue weighted by molar-refractivity contribution is 5.60. The van der Waals surface area contributed by atoms with Gasteiger partial charge in [-0.2, -0.15) is 4.98 Å². The zero-order valence-corrected chi connectivity index (χ0v) is 8.14. The Hall–Kier alpha value is -1.96. The fourth-order valence-corrected chi connectivity index (χ4v) is 0.996. The van der Waals surface area contributed by atoms with Crippen LogP contribution < -0.4 is 15.8 Å². The van der Waals surface area contributed by atoms with Crippen LogP contribution in [0, 0.1) is 10.1 Å². The number of hydrogen-bond donors (Lipinski definition) is 2. The summed E-state index contributed by atoms with van der Waals surface area (Å²) in [5, 5.41) is 13.5. The number of ether oxygens (including phenoxy) is 1. The van der Waals surface area contributed by atoms with Gasteiger partial charge in [0.1, 0.15) is 6.33 Å². The molecule has 3 N–H and O–H groups in total. The number of nitro groups is 1. The first-order chi connectivity index (χ1) is 7.20. The van der Waals surface area contributed by atoms with Crippen molar-refractivity contribution in [3.05, 3.63) is 16.4 Å². The predicted molar refractivity (Wildman–Crippen MR) is 52.8 cm³/mol. The van der Waals surface area contributed by atoms with Gasteiger partial charge in [-0.15, -0.1) is 0 Å². The van der Waals surface area contributed by atoms with Crippen LogP contribution >= 0.6 is 0 Å². The molecule has 0 aromatic carbocycles. The van der Waals surface area contributed by atoms with Crippen molar-refractivity contribution in [2.24, 2.45) is 5.73 Å². The quantitative estimate of drug-likeness (QED) is 0.512. The van der Waals surface area contributed by atoms with Gasteiger partial charge < -0.3 is 15.8 Å². The van der Waals surface area contributed by atoms with Crippen molar-refractivity contribution in [3.8, 4) is 5.88 Å². The van der Waals surface area contributed by atoms with Crippen LogP contribution in [0.2, 0.25) is 0 Å². The molecule has 1 rings (SSSR count). The fourth-order valence-electron chi connectivity index (χ4n) is 0.996. The first kappa shape index (κ1) is 11.1. The molecule has 1 aromatic heterocycles. The number of aromatic nitrogens is 2. The Morgan fingerprint density at radius 1 is 1.67 bits per heavy atom. The minimum atomic E-state index is -0.600. The minimum Gasteiger partial charge on any atom is -0.476 e. The zero-order chi connectivity index (χ0) is 11.3. The lowest BCUT2D eigenvalue weighted by atomic mass is 10.4. The van der Waals surface area contributed by atoms with Crippen LogP contribution in [-0.4, -0.2) is 35.1 Å². The van der Waals surface area contributed by atoms with Crippen LogP contribution in [0.25, 0.3) is 0 Å². The summed E-state index contributed by atoms with van der Waals surface area (Å²) < 4.78 is 4.76. The van der Waals surface area contributed by atoms with E-state index >= 15 is 0 Å². The summed E-state index contributed by atoms with van der Waals surface area (Å²) in [6.45, 7) is 0.741. The van der Waals surface area contributed by atoms with Crippen LogP contribution in [-0.2, 0) is 0 Å². The smallest absolute Gasteiger partial charge is 0.372 e. The molecule has 8 nitrogen and oxygen atoms in total. The molecule has 1 heterocycles. The second-order valence-corrected chi connectivity index (χ2v) is 2.55. The Labute approximate surface area is 85.6 Å². The van der Waals surface area contributed by atoms with Crippen molar-refractivity contribution in [1.82, 2.24) is 9.97 Å². The molecule has 0 atom stereocenters. The second kappa shape index (κ2) is 5.05. The van der Waals surface area contributed by atoms with Crippen LogP contribution in [0.5, 0.6) is 5.88 Å². The Kier molecular flexibility index (Phi) is 3.75. The van der Waals surface area contributed by atoms with Crippen molar-refractivity contribution >= 4 is 11.5 Å². The van der Waals surface area contributed by atoms with Gasteiger partial charge >= 0.3 is 5.69 Å². The normalized spacial score (nSPS) is 9.73. The highest BCUT2D eigenvalue weighted by Gasteiger charge is 2.23. The molecule has 0 saturated heterocycles. The van der Waals surface area contributed by atoms with Crippen molar-refractivity contribution in [1.29, 1.82) is 0 Å².